The van der Waals surface area contributed by atoms with Crippen LogP contribution >= 0.6 is 0 Å². The molecule has 132 valence electrons. The highest BCUT2D eigenvalue weighted by Gasteiger charge is 2.49. The van der Waals surface area contributed by atoms with E-state index in [2.05, 4.69) is 4.99 Å². The van der Waals surface area contributed by atoms with E-state index in [1.54, 1.807) is 24.3 Å². The molecule has 1 unspecified atom stereocenters. The van der Waals surface area contributed by atoms with Crippen molar-refractivity contribution in [2.45, 2.75) is 6.92 Å². The van der Waals surface area contributed by atoms with Gasteiger partial charge in [-0.25, -0.2) is 4.79 Å². The van der Waals surface area contributed by atoms with Gasteiger partial charge >= 0.3 is 11.9 Å². The molecule has 0 aliphatic carbocycles. The van der Waals surface area contributed by atoms with Crippen LogP contribution in [0.2, 0.25) is 0 Å². The number of hydrogen-bond acceptors (Lipinski definition) is 6. The molecule has 1 aromatic carbocycles. The van der Waals surface area contributed by atoms with Crippen molar-refractivity contribution in [3.63, 3.8) is 0 Å². The molecule has 8 nitrogen and oxygen atoms in total. The van der Waals surface area contributed by atoms with Crippen LogP contribution in [0, 0.1) is 17.2 Å². The number of nitrogens with zero attached hydrogens (tertiary/aromatic N) is 4. The topological polar surface area (TPSA) is 112 Å². The molecule has 3 amide bonds. The summed E-state index contributed by atoms with van der Waals surface area (Å²) in [7, 11) is 2.93. The van der Waals surface area contributed by atoms with Gasteiger partial charge in [0.25, 0.3) is 5.84 Å². The second kappa shape index (κ2) is 6.44. The SMILES string of the molecule is CCOc1cccc(C2=C(C#N)C(N)=NC3=[N+](C)C(=O)N(C)C(=O)C23)c1. The lowest BCUT2D eigenvalue weighted by atomic mass is 9.83. The van der Waals surface area contributed by atoms with Crippen molar-refractivity contribution >= 4 is 29.2 Å². The number of amidine groups is 2. The van der Waals surface area contributed by atoms with E-state index in [-0.39, 0.29) is 17.2 Å². The number of aliphatic imine (C=N–C) groups is 1. The van der Waals surface area contributed by atoms with E-state index in [1.807, 2.05) is 13.0 Å². The Kier molecular flexibility index (Phi) is 4.30. The van der Waals surface area contributed by atoms with E-state index >= 15 is 0 Å². The molecule has 1 atom stereocenters. The Morgan fingerprint density at radius 2 is 2.15 bits per heavy atom. The number of rotatable bonds is 3. The Balaban J connectivity index is 2.28. The smallest absolute Gasteiger partial charge is 0.445 e. The highest BCUT2D eigenvalue weighted by Crippen LogP contribution is 2.36. The molecule has 2 aliphatic heterocycles. The molecule has 2 heterocycles. The van der Waals surface area contributed by atoms with E-state index in [1.165, 1.54) is 18.7 Å². The first kappa shape index (κ1) is 17.4. The molecule has 0 radical (unpaired) electrons. The zero-order chi connectivity index (χ0) is 19.0. The summed E-state index contributed by atoms with van der Waals surface area (Å²) in [5.41, 5.74) is 7.13. The second-order valence-electron chi connectivity index (χ2n) is 5.89. The number of imide groups is 1. The van der Waals surface area contributed by atoms with Crippen LogP contribution in [0.1, 0.15) is 12.5 Å². The Hall–Kier alpha value is -3.47. The largest absolute Gasteiger partial charge is 0.494 e. The first-order valence-corrected chi connectivity index (χ1v) is 8.04. The molecule has 1 aromatic rings. The lowest BCUT2D eigenvalue weighted by molar-refractivity contribution is -0.407. The zero-order valence-corrected chi connectivity index (χ0v) is 14.7. The van der Waals surface area contributed by atoms with Gasteiger partial charge in [0.15, 0.2) is 5.92 Å². The predicted molar refractivity (Wildman–Crippen MR) is 94.6 cm³/mol. The Bertz CT molecular complexity index is 952. The number of dihydropyridines is 1. The fourth-order valence-corrected chi connectivity index (χ4v) is 3.12. The van der Waals surface area contributed by atoms with Crippen molar-refractivity contribution in [3.8, 4) is 11.8 Å². The number of carbonyl (C=O) groups is 2. The summed E-state index contributed by atoms with van der Waals surface area (Å²) >= 11 is 0. The third-order valence-electron chi connectivity index (χ3n) is 4.37. The highest BCUT2D eigenvalue weighted by molar-refractivity contribution is 6.27. The van der Waals surface area contributed by atoms with Crippen molar-refractivity contribution in [3.05, 3.63) is 35.4 Å². The van der Waals surface area contributed by atoms with Gasteiger partial charge in [-0.15, -0.1) is 0 Å². The average molecular weight is 352 g/mol. The Morgan fingerprint density at radius 3 is 2.81 bits per heavy atom. The lowest BCUT2D eigenvalue weighted by Crippen LogP contribution is -2.53. The minimum Gasteiger partial charge on any atom is -0.494 e. The molecule has 26 heavy (non-hydrogen) atoms. The summed E-state index contributed by atoms with van der Waals surface area (Å²) in [5.74, 6) is -0.539. The number of fused-ring (bicyclic) bond motifs is 1. The molecule has 2 aliphatic rings. The van der Waals surface area contributed by atoms with Gasteiger partial charge in [0, 0.05) is 5.57 Å². The third-order valence-corrected chi connectivity index (χ3v) is 4.37. The zero-order valence-electron chi connectivity index (χ0n) is 14.7. The minimum absolute atomic E-state index is 0.0208. The number of amides is 3. The number of nitriles is 1. The van der Waals surface area contributed by atoms with Crippen molar-refractivity contribution in [1.29, 1.82) is 5.26 Å². The van der Waals surface area contributed by atoms with Gasteiger partial charge in [-0.1, -0.05) is 17.1 Å². The fourth-order valence-electron chi connectivity index (χ4n) is 3.12. The van der Waals surface area contributed by atoms with Gasteiger partial charge in [-0.05, 0) is 24.6 Å². The first-order chi connectivity index (χ1) is 12.4. The van der Waals surface area contributed by atoms with Crippen LogP contribution in [0.4, 0.5) is 4.79 Å². The number of urea groups is 1. The molecule has 0 saturated heterocycles. The van der Waals surface area contributed by atoms with Gasteiger partial charge in [0.05, 0.1) is 20.7 Å². The van der Waals surface area contributed by atoms with Crippen molar-refractivity contribution in [2.24, 2.45) is 16.6 Å². The molecule has 0 fully saturated rings. The maximum atomic E-state index is 12.9. The maximum absolute atomic E-state index is 12.9. The number of nitrogens with two attached hydrogens (primary N) is 1. The molecule has 0 aromatic heterocycles. The van der Waals surface area contributed by atoms with Gasteiger partial charge in [0.2, 0.25) is 5.84 Å². The van der Waals surface area contributed by atoms with Crippen LogP contribution in [0.25, 0.3) is 5.57 Å². The Morgan fingerprint density at radius 1 is 1.42 bits per heavy atom. The third kappa shape index (κ3) is 2.54. The minimum atomic E-state index is -0.887. The second-order valence-corrected chi connectivity index (χ2v) is 5.89. The average Bonchev–Trinajstić information content (AvgIpc) is 2.64. The molecule has 8 heteroatoms. The standard InChI is InChI=1S/C18H17N5O3/c1-4-26-11-7-5-6-10(8-11)13-12(9-19)15(20)21-16-14(13)17(24)23(3)18(25)22(16)2/h5-8,14,20H,4H2,1-3H3/p+1. The Labute approximate surface area is 150 Å². The molecule has 0 saturated carbocycles. The van der Waals surface area contributed by atoms with Crippen LogP contribution in [-0.4, -0.2) is 53.8 Å². The van der Waals surface area contributed by atoms with E-state index in [0.29, 0.717) is 23.5 Å². The quantitative estimate of drug-likeness (QED) is 0.815. The number of ether oxygens (including phenoxy) is 1. The maximum Gasteiger partial charge on any atom is 0.445 e. The van der Waals surface area contributed by atoms with Crippen LogP contribution in [-0.2, 0) is 4.79 Å². The summed E-state index contributed by atoms with van der Waals surface area (Å²) in [6.07, 6.45) is 0. The van der Waals surface area contributed by atoms with Gasteiger partial charge in [0.1, 0.15) is 17.4 Å². The summed E-state index contributed by atoms with van der Waals surface area (Å²) < 4.78 is 6.80. The highest BCUT2D eigenvalue weighted by atomic mass is 16.5. The van der Waals surface area contributed by atoms with E-state index in [0.717, 1.165) is 4.90 Å². The van der Waals surface area contributed by atoms with Crippen molar-refractivity contribution in [1.82, 2.24) is 4.90 Å². The number of carbonyl (C=O) groups excluding carboxylic acids is 2. The van der Waals surface area contributed by atoms with Crippen molar-refractivity contribution in [2.75, 3.05) is 20.7 Å². The van der Waals surface area contributed by atoms with E-state index in [9.17, 15) is 14.9 Å². The summed E-state index contributed by atoms with van der Waals surface area (Å²) in [5, 5.41) is 9.61. The summed E-state index contributed by atoms with van der Waals surface area (Å²) in [6.45, 7) is 2.35. The monoisotopic (exact) mass is 352 g/mol. The molecule has 0 bridgehead atoms. The number of benzene rings is 1. The molecule has 3 rings (SSSR count). The molecular weight excluding hydrogens is 334 g/mol. The van der Waals surface area contributed by atoms with E-state index in [4.69, 9.17) is 10.5 Å². The van der Waals surface area contributed by atoms with Gasteiger partial charge in [-0.2, -0.15) is 14.7 Å². The van der Waals surface area contributed by atoms with Crippen LogP contribution < -0.4 is 10.5 Å². The molecule has 2 N–H and O–H groups in total. The normalized spacial score (nSPS) is 20.0. The van der Waals surface area contributed by atoms with Crippen molar-refractivity contribution < 1.29 is 18.9 Å². The van der Waals surface area contributed by atoms with Gasteiger partial charge in [-0.3, -0.25) is 4.79 Å². The fraction of sp³-hybridized carbons (Fsp3) is 0.278. The molecular formula is C18H18N5O3+. The molecule has 0 spiro atoms. The van der Waals surface area contributed by atoms with E-state index < -0.39 is 17.9 Å². The lowest BCUT2D eigenvalue weighted by Gasteiger charge is -2.28. The predicted octanol–water partition coefficient (Wildman–Crippen LogP) is 0.982. The summed E-state index contributed by atoms with van der Waals surface area (Å²) in [4.78, 5) is 30.3. The summed E-state index contributed by atoms with van der Waals surface area (Å²) in [6, 6.07) is 8.62. The van der Waals surface area contributed by atoms with Crippen LogP contribution in [0.3, 0.4) is 0 Å². The van der Waals surface area contributed by atoms with Gasteiger partial charge < -0.3 is 10.5 Å². The van der Waals surface area contributed by atoms with Crippen LogP contribution in [0.15, 0.2) is 34.8 Å². The first-order valence-electron chi connectivity index (χ1n) is 8.04. The number of hydrogen-bond donors (Lipinski definition) is 1. The van der Waals surface area contributed by atoms with Crippen LogP contribution in [0.5, 0.6) is 5.75 Å².